The number of morpholine rings is 2. The van der Waals surface area contributed by atoms with Crippen LogP contribution in [-0.4, -0.2) is 74.2 Å². The predicted molar refractivity (Wildman–Crippen MR) is 54.8 cm³/mol. The molecule has 2 rings (SSSR count). The molecule has 0 saturated carbocycles. The van der Waals surface area contributed by atoms with Gasteiger partial charge in [0.25, 0.3) is 0 Å². The molecule has 2 heterocycles. The van der Waals surface area contributed by atoms with E-state index in [1.54, 1.807) is 4.90 Å². The van der Waals surface area contributed by atoms with Crippen molar-refractivity contribution < 1.29 is 19.1 Å². The van der Waals surface area contributed by atoms with E-state index in [4.69, 9.17) is 4.74 Å². The van der Waals surface area contributed by atoms with Crippen molar-refractivity contribution in [3.05, 3.63) is 0 Å². The average Bonchev–Trinajstić information content (AvgIpc) is 2.15. The lowest BCUT2D eigenvalue weighted by Crippen LogP contribution is -2.50. The molecule has 90 valence electrons. The van der Waals surface area contributed by atoms with E-state index >= 15 is 0 Å². The van der Waals surface area contributed by atoms with Gasteiger partial charge in [-0.1, -0.05) is 0 Å². The van der Waals surface area contributed by atoms with E-state index in [1.165, 1.54) is 0 Å². The first-order valence-corrected chi connectivity index (χ1v) is 5.39. The fourth-order valence-corrected chi connectivity index (χ4v) is 2.01. The molecule has 16 heavy (non-hydrogen) atoms. The van der Waals surface area contributed by atoms with Crippen LogP contribution in [0.15, 0.2) is 0 Å². The van der Waals surface area contributed by atoms with Crippen molar-refractivity contribution in [1.29, 1.82) is 0 Å². The largest absolute Gasteiger partial charge is 0.391 e. The zero-order valence-electron chi connectivity index (χ0n) is 9.35. The number of carbonyl (C=O) groups is 2. The number of carbonyl (C=O) groups excluding carboxylic acids is 2. The summed E-state index contributed by atoms with van der Waals surface area (Å²) in [7, 11) is 2.03. The van der Waals surface area contributed by atoms with Gasteiger partial charge in [0.15, 0.2) is 0 Å². The quantitative estimate of drug-likeness (QED) is 0.432. The van der Waals surface area contributed by atoms with Crippen molar-refractivity contribution in [3.63, 3.8) is 0 Å². The van der Waals surface area contributed by atoms with Gasteiger partial charge in [-0.15, -0.1) is 0 Å². The summed E-state index contributed by atoms with van der Waals surface area (Å²) in [6, 6.07) is 0. The van der Waals surface area contributed by atoms with Crippen LogP contribution in [0, 0.1) is 0 Å². The Morgan fingerprint density at radius 1 is 1.31 bits per heavy atom. The van der Waals surface area contributed by atoms with Crippen molar-refractivity contribution in [2.45, 2.75) is 6.10 Å². The highest BCUT2D eigenvalue weighted by Crippen LogP contribution is 2.07. The average molecular weight is 228 g/mol. The summed E-state index contributed by atoms with van der Waals surface area (Å²) in [6.07, 6.45) is 0.0671. The molecule has 0 bridgehead atoms. The zero-order chi connectivity index (χ0) is 11.5. The maximum Gasteiger partial charge on any atom is 0.327 e. The zero-order valence-corrected chi connectivity index (χ0v) is 9.35. The van der Waals surface area contributed by atoms with Crippen LogP contribution in [-0.2, 0) is 19.1 Å². The molecule has 2 aliphatic heterocycles. The van der Waals surface area contributed by atoms with Crippen LogP contribution in [0.5, 0.6) is 0 Å². The van der Waals surface area contributed by atoms with Crippen LogP contribution in [0.4, 0.5) is 0 Å². The van der Waals surface area contributed by atoms with Crippen LogP contribution in [0.1, 0.15) is 0 Å². The van der Waals surface area contributed by atoms with Crippen LogP contribution in [0.3, 0.4) is 0 Å². The Balaban J connectivity index is 1.84. The number of rotatable bonds is 2. The number of nitrogens with zero attached hydrogens (tertiary/aromatic N) is 2. The number of hydrogen-bond donors (Lipinski definition) is 0. The molecular weight excluding hydrogens is 212 g/mol. The van der Waals surface area contributed by atoms with Crippen molar-refractivity contribution >= 4 is 11.9 Å². The summed E-state index contributed by atoms with van der Waals surface area (Å²) in [6.45, 7) is 3.42. The number of hydrogen-bond acceptors (Lipinski definition) is 6. The van der Waals surface area contributed by atoms with Gasteiger partial charge in [-0.2, -0.15) is 0 Å². The molecule has 0 aromatic heterocycles. The molecule has 0 radical (unpaired) electrons. The van der Waals surface area contributed by atoms with Gasteiger partial charge in [-0.3, -0.25) is 14.5 Å². The third-order valence-electron chi connectivity index (χ3n) is 2.74. The van der Waals surface area contributed by atoms with Crippen molar-refractivity contribution in [2.75, 3.05) is 46.4 Å². The summed E-state index contributed by atoms with van der Waals surface area (Å²) in [5.74, 6) is -0.944. The number of likely N-dealkylation sites (N-methyl/N-ethyl adjacent to an activating group) is 1. The molecule has 6 nitrogen and oxygen atoms in total. The van der Waals surface area contributed by atoms with E-state index in [1.807, 2.05) is 7.05 Å². The molecule has 0 spiro atoms. The minimum absolute atomic E-state index is 0.0671. The van der Waals surface area contributed by atoms with Gasteiger partial charge in [-0.05, 0) is 7.05 Å². The summed E-state index contributed by atoms with van der Waals surface area (Å²) in [5.41, 5.74) is 0. The molecule has 6 heteroatoms. The maximum absolute atomic E-state index is 11.1. The van der Waals surface area contributed by atoms with Crippen LogP contribution in [0.25, 0.3) is 0 Å². The predicted octanol–water partition coefficient (Wildman–Crippen LogP) is -1.30. The highest BCUT2D eigenvalue weighted by molar-refractivity contribution is 5.90. The minimum atomic E-state index is -0.472. The van der Waals surface area contributed by atoms with Gasteiger partial charge in [0.05, 0.1) is 25.8 Å². The lowest BCUT2D eigenvalue weighted by molar-refractivity contribution is -0.167. The second-order valence-corrected chi connectivity index (χ2v) is 4.27. The fourth-order valence-electron chi connectivity index (χ4n) is 2.01. The second kappa shape index (κ2) is 4.90. The monoisotopic (exact) mass is 228 g/mol. The normalized spacial score (nSPS) is 29.2. The first-order chi connectivity index (χ1) is 7.63. The molecule has 1 unspecified atom stereocenters. The first kappa shape index (κ1) is 11.5. The Hall–Kier alpha value is -0.980. The van der Waals surface area contributed by atoms with Crippen LogP contribution >= 0.6 is 0 Å². The standard InChI is InChI=1S/C10H16N2O4/c1-11-2-3-15-8(4-11)5-12-6-9(13)16-10(14)7-12/h8H,2-7H2,1H3. The van der Waals surface area contributed by atoms with E-state index in [0.29, 0.717) is 13.2 Å². The third kappa shape index (κ3) is 3.01. The van der Waals surface area contributed by atoms with Gasteiger partial charge in [0.2, 0.25) is 0 Å². The Labute approximate surface area is 94.1 Å². The van der Waals surface area contributed by atoms with Gasteiger partial charge in [-0.25, -0.2) is 0 Å². The molecule has 2 saturated heterocycles. The molecular formula is C10H16N2O4. The number of cyclic esters (lactones) is 2. The summed E-state index contributed by atoms with van der Waals surface area (Å²) >= 11 is 0. The van der Waals surface area contributed by atoms with Gasteiger partial charge < -0.3 is 14.4 Å². The Morgan fingerprint density at radius 3 is 2.62 bits per heavy atom. The summed E-state index contributed by atoms with van der Waals surface area (Å²) in [5, 5.41) is 0. The van der Waals surface area contributed by atoms with Crippen LogP contribution in [0.2, 0.25) is 0 Å². The van der Waals surface area contributed by atoms with Gasteiger partial charge in [0.1, 0.15) is 0 Å². The molecule has 0 aromatic carbocycles. The van der Waals surface area contributed by atoms with Gasteiger partial charge in [0, 0.05) is 19.6 Å². The van der Waals surface area contributed by atoms with Gasteiger partial charge >= 0.3 is 11.9 Å². The molecule has 0 aromatic rings. The summed E-state index contributed by atoms with van der Waals surface area (Å²) < 4.78 is 10.0. The van der Waals surface area contributed by atoms with E-state index in [2.05, 4.69) is 9.64 Å². The maximum atomic E-state index is 11.1. The fraction of sp³-hybridized carbons (Fsp3) is 0.800. The highest BCUT2D eigenvalue weighted by atomic mass is 16.6. The molecule has 0 amide bonds. The molecule has 0 N–H and O–H groups in total. The topological polar surface area (TPSA) is 59.1 Å². The Bertz CT molecular complexity index is 279. The van der Waals surface area contributed by atoms with Crippen molar-refractivity contribution in [2.24, 2.45) is 0 Å². The highest BCUT2D eigenvalue weighted by Gasteiger charge is 2.28. The molecule has 1 atom stereocenters. The van der Waals surface area contributed by atoms with Crippen molar-refractivity contribution in [1.82, 2.24) is 9.80 Å². The first-order valence-electron chi connectivity index (χ1n) is 5.39. The number of esters is 2. The van der Waals surface area contributed by atoms with E-state index in [-0.39, 0.29) is 19.2 Å². The third-order valence-corrected chi connectivity index (χ3v) is 2.74. The lowest BCUT2D eigenvalue weighted by atomic mass is 10.2. The number of ether oxygens (including phenoxy) is 2. The van der Waals surface area contributed by atoms with Crippen molar-refractivity contribution in [3.8, 4) is 0 Å². The van der Waals surface area contributed by atoms with E-state index in [9.17, 15) is 9.59 Å². The van der Waals surface area contributed by atoms with E-state index < -0.39 is 11.9 Å². The lowest BCUT2D eigenvalue weighted by Gasteiger charge is -2.34. The Morgan fingerprint density at radius 2 is 2.00 bits per heavy atom. The van der Waals surface area contributed by atoms with E-state index in [0.717, 1.165) is 13.1 Å². The van der Waals surface area contributed by atoms with Crippen LogP contribution < -0.4 is 0 Å². The smallest absolute Gasteiger partial charge is 0.327 e. The SMILES string of the molecule is CN1CCOC(CN2CC(=O)OC(=O)C2)C1. The molecule has 2 fully saturated rings. The molecule has 0 aliphatic carbocycles. The minimum Gasteiger partial charge on any atom is -0.391 e. The second-order valence-electron chi connectivity index (χ2n) is 4.27. The molecule has 2 aliphatic rings. The summed E-state index contributed by atoms with van der Waals surface area (Å²) in [4.78, 5) is 26.1. The Kier molecular flexibility index (Phi) is 3.52.